The molecule has 0 atom stereocenters. The summed E-state index contributed by atoms with van der Waals surface area (Å²) in [6.07, 6.45) is 1.08. The van der Waals surface area contributed by atoms with E-state index < -0.39 is 36.4 Å². The van der Waals surface area contributed by atoms with Crippen LogP contribution in [-0.4, -0.2) is 45.1 Å². The van der Waals surface area contributed by atoms with Gasteiger partial charge in [0.1, 0.15) is 0 Å². The minimum absolute atomic E-state index is 0.252. The Morgan fingerprint density at radius 3 is 2.52 bits per heavy atom. The van der Waals surface area contributed by atoms with Gasteiger partial charge in [0.25, 0.3) is 0 Å². The molecule has 1 saturated heterocycles. The van der Waals surface area contributed by atoms with Gasteiger partial charge in [0.2, 0.25) is 0 Å². The Hall–Kier alpha value is -0.459. The Bertz CT molecular complexity index is 1090. The summed E-state index contributed by atoms with van der Waals surface area (Å²) in [7, 11) is 0. The SMILES string of the molecule is CC(C)c1ccc2c(C(=O)NCC(=O)N3CC(F)(F)C[C]3=[V])ccnc2c1.F[S-](=[W])=[W]. The number of benzene rings is 1. The van der Waals surface area contributed by atoms with Gasteiger partial charge in [-0.3, -0.25) is 0 Å². The van der Waals surface area contributed by atoms with Crippen LogP contribution in [0.3, 0.4) is 0 Å². The topological polar surface area (TPSA) is 62.3 Å². The van der Waals surface area contributed by atoms with E-state index in [4.69, 9.17) is 0 Å². The molecule has 0 bridgehead atoms. The van der Waals surface area contributed by atoms with Crippen molar-refractivity contribution in [2.24, 2.45) is 0 Å². The van der Waals surface area contributed by atoms with E-state index in [1.165, 1.54) is 0 Å². The Kier molecular flexibility index (Phi) is 10.0. The van der Waals surface area contributed by atoms with Crippen LogP contribution in [0.2, 0.25) is 0 Å². The Labute approximate surface area is 208 Å². The zero-order valence-corrected chi connectivity index (χ0v) is 24.7. The van der Waals surface area contributed by atoms with Crippen LogP contribution >= 0.6 is 0 Å². The van der Waals surface area contributed by atoms with Gasteiger partial charge >= 0.3 is 196 Å². The minimum atomic E-state index is -2.92. The van der Waals surface area contributed by atoms with Gasteiger partial charge in [0, 0.05) is 0 Å². The van der Waals surface area contributed by atoms with Gasteiger partial charge in [-0.05, 0) is 0 Å². The van der Waals surface area contributed by atoms with E-state index in [9.17, 15) is 22.3 Å². The molecule has 1 aliphatic heterocycles. The molecule has 1 aromatic heterocycles. The number of carbonyl (C=O) groups excluding carboxylic acids is 2. The Morgan fingerprint density at radius 1 is 1.32 bits per heavy atom. The predicted octanol–water partition coefficient (Wildman–Crippen LogP) is 3.05. The molecule has 3 rings (SSSR count). The van der Waals surface area contributed by atoms with Crippen LogP contribution in [0, 0.1) is 0 Å². The van der Waals surface area contributed by atoms with Crippen LogP contribution < -0.4 is 5.32 Å². The second kappa shape index (κ2) is 11.6. The standard InChI is InChI=1S/C19H19F2N3O2.FS.V.2W/c1-12(2)13-3-4-14-15(5-7-22-16(14)9-13)18(26)23-10-17(25)24-8-6-19(20,21)11-24;1-2;;;/h3-5,7,9,12H,6,10-11H2,1-2H3,(H,23,26);;;;/q;-1;;;. The fourth-order valence-corrected chi connectivity index (χ4v) is 3.65. The van der Waals surface area contributed by atoms with E-state index in [1.807, 2.05) is 35.2 Å². The zero-order valence-electron chi connectivity index (χ0n) is 16.6. The first kappa shape index (κ1) is 26.8. The molecule has 2 aromatic rings. The summed E-state index contributed by atoms with van der Waals surface area (Å²) >= 11 is 4.15. The van der Waals surface area contributed by atoms with Gasteiger partial charge in [-0.15, -0.1) is 0 Å². The average Bonchev–Trinajstić information content (AvgIpc) is 2.96. The van der Waals surface area contributed by atoms with Gasteiger partial charge in [-0.1, -0.05) is 13.8 Å². The number of likely N-dealkylation sites (tertiary alicyclic amines) is 1. The number of hydrogen-bond acceptors (Lipinski definition) is 4. The maximum atomic E-state index is 13.4. The Balaban J connectivity index is 0.000000785. The molecule has 1 aliphatic rings. The molecule has 1 fully saturated rings. The van der Waals surface area contributed by atoms with Crippen LogP contribution in [0.25, 0.3) is 10.9 Å². The third-order valence-corrected chi connectivity index (χ3v) is 5.12. The van der Waals surface area contributed by atoms with Crippen molar-refractivity contribution in [3.63, 3.8) is 0 Å². The summed E-state index contributed by atoms with van der Waals surface area (Å²) in [5, 5.41) is 3.21. The second-order valence-electron chi connectivity index (χ2n) is 7.10. The van der Waals surface area contributed by atoms with Crippen LogP contribution in [0.15, 0.2) is 30.5 Å². The number of alkyl halides is 2. The van der Waals surface area contributed by atoms with E-state index in [0.29, 0.717) is 22.4 Å². The second-order valence-corrected chi connectivity index (χ2v) is 24.5. The summed E-state index contributed by atoms with van der Waals surface area (Å²) in [4.78, 5) is 30.1. The van der Waals surface area contributed by atoms with Crippen molar-refractivity contribution < 1.29 is 75.2 Å². The monoisotopic (exact) mass is 829 g/mol. The summed E-state index contributed by atoms with van der Waals surface area (Å²) in [5.74, 6) is -3.58. The van der Waals surface area contributed by atoms with Crippen molar-refractivity contribution in [1.29, 1.82) is 0 Å². The van der Waals surface area contributed by atoms with Crippen molar-refractivity contribution >= 4 is 32.7 Å². The molecule has 0 unspecified atom stereocenters. The number of rotatable bonds is 4. The molecule has 2 amide bonds. The number of pyridine rings is 1. The van der Waals surface area contributed by atoms with Crippen molar-refractivity contribution in [2.45, 2.75) is 32.1 Å². The van der Waals surface area contributed by atoms with Gasteiger partial charge in [0.05, 0.1) is 0 Å². The number of halogens is 3. The van der Waals surface area contributed by atoms with Crippen molar-refractivity contribution in [3.05, 3.63) is 41.6 Å². The number of nitrogens with zero attached hydrogens (tertiary/aromatic N) is 2. The first-order chi connectivity index (χ1) is 14.4. The van der Waals surface area contributed by atoms with Gasteiger partial charge in [0.15, 0.2) is 0 Å². The number of amides is 2. The summed E-state index contributed by atoms with van der Waals surface area (Å²) in [6, 6.07) is 7.30. The molecule has 31 heavy (non-hydrogen) atoms. The third-order valence-electron chi connectivity index (χ3n) is 4.50. The summed E-state index contributed by atoms with van der Waals surface area (Å²) in [6.45, 7) is 3.15. The van der Waals surface area contributed by atoms with Gasteiger partial charge in [-0.25, -0.2) is 0 Å². The van der Waals surface area contributed by atoms with Crippen LogP contribution in [0.4, 0.5) is 12.7 Å². The maximum absolute atomic E-state index is 13.4. The molecular formula is C19H19F3N3O2SVW2-. The molecule has 167 valence electrons. The molecule has 5 nitrogen and oxygen atoms in total. The van der Waals surface area contributed by atoms with E-state index in [-0.39, 0.29) is 10.9 Å². The van der Waals surface area contributed by atoms with E-state index in [1.54, 1.807) is 12.3 Å². The van der Waals surface area contributed by atoms with E-state index >= 15 is 0 Å². The van der Waals surface area contributed by atoms with Crippen LogP contribution in [0.5, 0.6) is 0 Å². The van der Waals surface area contributed by atoms with Crippen molar-refractivity contribution in [3.8, 4) is 0 Å². The van der Waals surface area contributed by atoms with Crippen molar-refractivity contribution in [2.75, 3.05) is 13.1 Å². The Morgan fingerprint density at radius 2 is 1.97 bits per heavy atom. The number of fused-ring (bicyclic) bond motifs is 1. The van der Waals surface area contributed by atoms with Gasteiger partial charge < -0.3 is 0 Å². The molecule has 1 N–H and O–H groups in total. The predicted molar refractivity (Wildman–Crippen MR) is 103 cm³/mol. The molecule has 0 aliphatic carbocycles. The first-order valence-electron chi connectivity index (χ1n) is 9.06. The van der Waals surface area contributed by atoms with Gasteiger partial charge in [-0.2, -0.15) is 0 Å². The number of carbonyl (C=O) groups is 2. The van der Waals surface area contributed by atoms with E-state index in [2.05, 4.69) is 24.1 Å². The molecule has 0 radical (unpaired) electrons. The molecule has 0 saturated carbocycles. The molecular weight excluding hydrogens is 810 g/mol. The molecule has 12 heteroatoms. The van der Waals surface area contributed by atoms with E-state index in [0.717, 1.165) is 46.5 Å². The van der Waals surface area contributed by atoms with Crippen molar-refractivity contribution in [1.82, 2.24) is 15.2 Å². The quantitative estimate of drug-likeness (QED) is 0.483. The molecule has 2 heterocycles. The molecule has 0 spiro atoms. The third kappa shape index (κ3) is 7.82. The first-order valence-corrected chi connectivity index (χ1v) is 17.9. The zero-order chi connectivity index (χ0) is 23.3. The number of aromatic nitrogens is 1. The molecule has 1 aromatic carbocycles. The van der Waals surface area contributed by atoms with Crippen LogP contribution in [0.1, 0.15) is 42.1 Å². The number of hydrogen-bond donors (Lipinski definition) is 1. The fraction of sp³-hybridized carbons (Fsp3) is 0.368. The number of nitrogens with one attached hydrogen (secondary N) is 1. The fourth-order valence-electron chi connectivity index (χ4n) is 3.01. The normalized spacial score (nSPS) is 15.2. The van der Waals surface area contributed by atoms with Crippen LogP contribution in [-0.2, 0) is 63.4 Å². The summed E-state index contributed by atoms with van der Waals surface area (Å²) in [5.41, 5.74) is 1.51. The average molecular weight is 829 g/mol. The summed E-state index contributed by atoms with van der Waals surface area (Å²) < 4.78 is 38.2.